The van der Waals surface area contributed by atoms with Crippen molar-refractivity contribution in [1.29, 1.82) is 0 Å². The molecule has 0 radical (unpaired) electrons. The van der Waals surface area contributed by atoms with Crippen LogP contribution in [0.4, 0.5) is 0 Å². The number of fused-ring (bicyclic) bond motifs is 1. The first-order valence-corrected chi connectivity index (χ1v) is 11.3. The number of aryl methyl sites for hydroxylation is 1. The lowest BCUT2D eigenvalue weighted by atomic mass is 10.1. The molecule has 1 aromatic heterocycles. The molecule has 1 N–H and O–H groups in total. The van der Waals surface area contributed by atoms with Crippen LogP contribution in [0, 0.1) is 0 Å². The second-order valence-electron chi connectivity index (χ2n) is 6.88. The first-order chi connectivity index (χ1) is 14.4. The van der Waals surface area contributed by atoms with E-state index in [1.165, 1.54) is 6.08 Å². The van der Waals surface area contributed by atoms with Gasteiger partial charge >= 0.3 is 0 Å². The molecule has 0 bridgehead atoms. The highest BCUT2D eigenvalue weighted by molar-refractivity contribution is 7.92. The highest BCUT2D eigenvalue weighted by atomic mass is 35.5. The van der Waals surface area contributed by atoms with E-state index >= 15 is 0 Å². The molecule has 1 unspecified atom stereocenters. The molecule has 4 aromatic rings. The monoisotopic (exact) mass is 437 g/mol. The minimum Gasteiger partial charge on any atom is -0.329 e. The molecule has 3 aromatic carbocycles. The van der Waals surface area contributed by atoms with Gasteiger partial charge in [-0.2, -0.15) is 4.72 Å². The van der Waals surface area contributed by atoms with E-state index in [0.717, 1.165) is 27.6 Å². The molecule has 0 fully saturated rings. The van der Waals surface area contributed by atoms with Crippen molar-refractivity contribution < 1.29 is 8.42 Å². The van der Waals surface area contributed by atoms with Crippen molar-refractivity contribution in [3.8, 4) is 0 Å². The van der Waals surface area contributed by atoms with Crippen molar-refractivity contribution in [1.82, 2.24) is 14.3 Å². The fraction of sp³-hybridized carbons (Fsp3) is 0.0870. The van der Waals surface area contributed by atoms with Gasteiger partial charge in [-0.1, -0.05) is 66.2 Å². The molecule has 1 heterocycles. The minimum absolute atomic E-state index is 0.596. The maximum Gasteiger partial charge on any atom is 0.234 e. The zero-order valence-corrected chi connectivity index (χ0v) is 17.8. The van der Waals surface area contributed by atoms with Gasteiger partial charge in [0.25, 0.3) is 0 Å². The van der Waals surface area contributed by atoms with E-state index < -0.39 is 16.1 Å². The van der Waals surface area contributed by atoms with Gasteiger partial charge < -0.3 is 4.57 Å². The van der Waals surface area contributed by atoms with Crippen molar-refractivity contribution >= 4 is 38.7 Å². The van der Waals surface area contributed by atoms with Crippen LogP contribution in [-0.4, -0.2) is 18.0 Å². The van der Waals surface area contributed by atoms with Crippen molar-refractivity contribution in [2.75, 3.05) is 0 Å². The summed E-state index contributed by atoms with van der Waals surface area (Å²) in [5.74, 6) is 0.617. The van der Waals surface area contributed by atoms with Crippen molar-refractivity contribution in [2.45, 2.75) is 6.04 Å². The Morgan fingerprint density at radius 3 is 2.33 bits per heavy atom. The SMILES string of the molecule is Cn1c(C(NS(=O)(=O)/C=C/c2ccc(Cl)cc2)c2ccccc2)nc2ccccc21. The number of imidazole rings is 1. The smallest absolute Gasteiger partial charge is 0.234 e. The van der Waals surface area contributed by atoms with Gasteiger partial charge in [0.15, 0.2) is 0 Å². The Balaban J connectivity index is 1.71. The molecule has 0 aliphatic heterocycles. The van der Waals surface area contributed by atoms with Crippen LogP contribution in [0.5, 0.6) is 0 Å². The summed E-state index contributed by atoms with van der Waals surface area (Å²) in [6, 6.07) is 23.5. The zero-order chi connectivity index (χ0) is 21.1. The number of halogens is 1. The highest BCUT2D eigenvalue weighted by Gasteiger charge is 2.24. The van der Waals surface area contributed by atoms with E-state index in [1.807, 2.05) is 66.2 Å². The summed E-state index contributed by atoms with van der Waals surface area (Å²) in [4.78, 5) is 4.70. The summed E-state index contributed by atoms with van der Waals surface area (Å²) < 4.78 is 30.5. The fourth-order valence-electron chi connectivity index (χ4n) is 3.28. The average Bonchev–Trinajstić information content (AvgIpc) is 3.09. The molecule has 0 saturated carbocycles. The predicted octanol–water partition coefficient (Wildman–Crippen LogP) is 4.91. The second-order valence-corrected chi connectivity index (χ2v) is 8.91. The zero-order valence-electron chi connectivity index (χ0n) is 16.2. The van der Waals surface area contributed by atoms with E-state index in [1.54, 1.807) is 24.3 Å². The summed E-state index contributed by atoms with van der Waals surface area (Å²) in [5, 5.41) is 1.76. The molecule has 30 heavy (non-hydrogen) atoms. The highest BCUT2D eigenvalue weighted by Crippen LogP contribution is 2.26. The third kappa shape index (κ3) is 4.46. The second kappa shape index (κ2) is 8.44. The molecule has 0 spiro atoms. The molecule has 5 nitrogen and oxygen atoms in total. The van der Waals surface area contributed by atoms with Gasteiger partial charge in [0.2, 0.25) is 10.0 Å². The summed E-state index contributed by atoms with van der Waals surface area (Å²) in [6.07, 6.45) is 1.54. The van der Waals surface area contributed by atoms with Crippen molar-refractivity contribution in [2.24, 2.45) is 7.05 Å². The van der Waals surface area contributed by atoms with Gasteiger partial charge in [0, 0.05) is 17.5 Å². The number of sulfonamides is 1. The maximum absolute atomic E-state index is 12.9. The average molecular weight is 438 g/mol. The van der Waals surface area contributed by atoms with Crippen LogP contribution in [0.3, 0.4) is 0 Å². The lowest BCUT2D eigenvalue weighted by Crippen LogP contribution is -2.29. The summed E-state index contributed by atoms with van der Waals surface area (Å²) in [6.45, 7) is 0. The van der Waals surface area contributed by atoms with E-state index in [2.05, 4.69) is 4.72 Å². The van der Waals surface area contributed by atoms with Crippen LogP contribution >= 0.6 is 11.6 Å². The van der Waals surface area contributed by atoms with Crippen LogP contribution in [0.1, 0.15) is 23.0 Å². The Bertz CT molecular complexity index is 1300. The first-order valence-electron chi connectivity index (χ1n) is 9.35. The van der Waals surface area contributed by atoms with E-state index in [4.69, 9.17) is 16.6 Å². The number of para-hydroxylation sites is 2. The van der Waals surface area contributed by atoms with Gasteiger partial charge in [-0.15, -0.1) is 0 Å². The van der Waals surface area contributed by atoms with Crippen LogP contribution in [-0.2, 0) is 17.1 Å². The Labute approximate surface area is 180 Å². The number of benzene rings is 3. The fourth-order valence-corrected chi connectivity index (χ4v) is 4.39. The standard InChI is InChI=1S/C23H20ClN3O2S/c1-27-21-10-6-5-9-20(21)25-23(27)22(18-7-3-2-4-8-18)26-30(28,29)16-15-17-11-13-19(24)14-12-17/h2-16,22,26H,1H3/b16-15+. The summed E-state index contributed by atoms with van der Waals surface area (Å²) in [5.41, 5.74) is 3.29. The molecule has 0 amide bonds. The number of rotatable bonds is 6. The van der Waals surface area contributed by atoms with Crippen LogP contribution in [0.25, 0.3) is 17.1 Å². The molecular formula is C23H20ClN3O2S. The number of hydrogen-bond donors (Lipinski definition) is 1. The molecule has 152 valence electrons. The predicted molar refractivity (Wildman–Crippen MR) is 122 cm³/mol. The largest absolute Gasteiger partial charge is 0.329 e. The van der Waals surface area contributed by atoms with Crippen LogP contribution < -0.4 is 4.72 Å². The third-order valence-electron chi connectivity index (χ3n) is 4.80. The molecule has 0 aliphatic rings. The Hall–Kier alpha value is -2.93. The molecule has 0 saturated heterocycles. The third-order valence-corrected chi connectivity index (χ3v) is 6.12. The molecule has 7 heteroatoms. The Morgan fingerprint density at radius 1 is 0.967 bits per heavy atom. The number of nitrogens with zero attached hydrogens (tertiary/aromatic N) is 2. The van der Waals surface area contributed by atoms with Gasteiger partial charge in [-0.05, 0) is 41.5 Å². The van der Waals surface area contributed by atoms with Gasteiger partial charge in [-0.3, -0.25) is 0 Å². The van der Waals surface area contributed by atoms with Gasteiger partial charge in [-0.25, -0.2) is 13.4 Å². The number of hydrogen-bond acceptors (Lipinski definition) is 3. The molecular weight excluding hydrogens is 418 g/mol. The minimum atomic E-state index is -3.76. The summed E-state index contributed by atoms with van der Waals surface area (Å²) in [7, 11) is -1.87. The van der Waals surface area contributed by atoms with Crippen molar-refractivity contribution in [3.05, 3.63) is 106 Å². The molecule has 0 aliphatic carbocycles. The van der Waals surface area contributed by atoms with E-state index in [9.17, 15) is 8.42 Å². The van der Waals surface area contributed by atoms with Crippen molar-refractivity contribution in [3.63, 3.8) is 0 Å². The quantitative estimate of drug-likeness (QED) is 0.466. The molecule has 1 atom stereocenters. The van der Waals surface area contributed by atoms with E-state index in [0.29, 0.717) is 10.8 Å². The topological polar surface area (TPSA) is 64.0 Å². The lowest BCUT2D eigenvalue weighted by Gasteiger charge is -2.18. The van der Waals surface area contributed by atoms with Crippen LogP contribution in [0.2, 0.25) is 5.02 Å². The Morgan fingerprint density at radius 2 is 1.63 bits per heavy atom. The maximum atomic E-state index is 12.9. The molecule has 4 rings (SSSR count). The Kier molecular flexibility index (Phi) is 5.72. The number of aromatic nitrogens is 2. The van der Waals surface area contributed by atoms with Gasteiger partial charge in [0.1, 0.15) is 11.9 Å². The first kappa shape index (κ1) is 20.3. The van der Waals surface area contributed by atoms with Crippen LogP contribution in [0.15, 0.2) is 84.3 Å². The van der Waals surface area contributed by atoms with E-state index in [-0.39, 0.29) is 0 Å². The van der Waals surface area contributed by atoms with Gasteiger partial charge in [0.05, 0.1) is 11.0 Å². The number of nitrogens with one attached hydrogen (secondary N) is 1. The normalized spacial score (nSPS) is 13.1. The summed E-state index contributed by atoms with van der Waals surface area (Å²) >= 11 is 5.89. The lowest BCUT2D eigenvalue weighted by molar-refractivity contribution is 0.573.